The maximum atomic E-state index is 12.0. The first kappa shape index (κ1) is 21.8. The van der Waals surface area contributed by atoms with E-state index in [1.54, 1.807) is 43.3 Å². The molecule has 30 heavy (non-hydrogen) atoms. The molecule has 0 atom stereocenters. The maximum Gasteiger partial charge on any atom is 0.326 e. The van der Waals surface area contributed by atoms with Gasteiger partial charge in [-0.25, -0.2) is 0 Å². The molecule has 2 heterocycles. The van der Waals surface area contributed by atoms with Gasteiger partial charge in [0.05, 0.1) is 28.9 Å². The van der Waals surface area contributed by atoms with Crippen LogP contribution in [0.4, 0.5) is 0 Å². The Labute approximate surface area is 187 Å². The number of rotatable bonds is 3. The molecule has 2 aromatic rings. The first-order valence-electron chi connectivity index (χ1n) is 8.70. The number of imide groups is 2. The number of nitrogens with one attached hydrogen (secondary N) is 1. The van der Waals surface area contributed by atoms with Crippen molar-refractivity contribution in [2.24, 2.45) is 0 Å². The lowest BCUT2D eigenvalue weighted by atomic mass is 10.1. The summed E-state index contributed by atoms with van der Waals surface area (Å²) in [4.78, 5) is 58.4. The van der Waals surface area contributed by atoms with E-state index < -0.39 is 17.8 Å². The minimum absolute atomic E-state index is 0.216. The number of halogens is 2. The van der Waals surface area contributed by atoms with Crippen molar-refractivity contribution in [3.8, 4) is 0 Å². The first-order chi connectivity index (χ1) is 14.2. The molecule has 0 aromatic heterocycles. The topological polar surface area (TPSA) is 110 Å². The highest BCUT2D eigenvalue weighted by Crippen LogP contribution is 2.26. The minimum atomic E-state index is -0.592. The summed E-state index contributed by atoms with van der Waals surface area (Å²) in [6.07, 6.45) is 0. The van der Waals surface area contributed by atoms with Crippen LogP contribution in [0.15, 0.2) is 45.3 Å². The Morgan fingerprint density at radius 3 is 2.33 bits per heavy atom. The van der Waals surface area contributed by atoms with Crippen LogP contribution < -0.4 is 5.32 Å². The number of ether oxygens (including phenoxy) is 1. The molecular formula is C20H14Br2N2O6. The molecular weight excluding hydrogens is 524 g/mol. The molecule has 4 amide bonds. The van der Waals surface area contributed by atoms with Gasteiger partial charge >= 0.3 is 5.97 Å². The highest BCUT2D eigenvalue weighted by molar-refractivity contribution is 9.10. The number of nitrogens with zero attached hydrogens (tertiary/aromatic N) is 1. The molecule has 0 aliphatic carbocycles. The number of hydrogen-bond donors (Lipinski definition) is 1. The van der Waals surface area contributed by atoms with Crippen molar-refractivity contribution < 1.29 is 28.7 Å². The lowest BCUT2D eigenvalue weighted by Gasteiger charge is -2.12. The lowest BCUT2D eigenvalue weighted by molar-refractivity contribution is -0.143. The molecule has 0 bridgehead atoms. The highest BCUT2D eigenvalue weighted by Gasteiger charge is 2.37. The van der Waals surface area contributed by atoms with Crippen molar-refractivity contribution in [1.82, 2.24) is 10.2 Å². The second-order valence-corrected chi connectivity index (χ2v) is 7.91. The molecule has 1 N–H and O–H groups in total. The standard InChI is InChI=1S/C12H10BrNO4.C8H4BrNO2/c1-2-18-10(15)6-14-11(16)8-4-3-7(13)5-9(8)12(14)17;9-5-3-1-2-4-6(5)8(12)10-7(4)11/h3-5H,2,6H2,1H3;1-3H,(H,10,11,12). The molecule has 2 aliphatic rings. The monoisotopic (exact) mass is 536 g/mol. The molecule has 10 heteroatoms. The molecule has 2 aromatic carbocycles. The predicted octanol–water partition coefficient (Wildman–Crippen LogP) is 2.94. The molecule has 0 fully saturated rings. The minimum Gasteiger partial charge on any atom is -0.465 e. The number of carbonyl (C=O) groups excluding carboxylic acids is 5. The van der Waals surface area contributed by atoms with Gasteiger partial charge in [0.15, 0.2) is 0 Å². The number of amides is 4. The zero-order valence-corrected chi connectivity index (χ0v) is 18.7. The average molecular weight is 538 g/mol. The third-order valence-electron chi connectivity index (χ3n) is 4.24. The molecule has 2 aliphatic heterocycles. The van der Waals surface area contributed by atoms with E-state index in [-0.39, 0.29) is 25.0 Å². The summed E-state index contributed by atoms with van der Waals surface area (Å²) in [7, 11) is 0. The van der Waals surface area contributed by atoms with Crippen molar-refractivity contribution in [2.45, 2.75) is 6.92 Å². The van der Waals surface area contributed by atoms with Crippen LogP contribution in [0.5, 0.6) is 0 Å². The summed E-state index contributed by atoms with van der Waals surface area (Å²) in [6, 6.07) is 9.89. The van der Waals surface area contributed by atoms with Crippen molar-refractivity contribution in [3.05, 3.63) is 67.6 Å². The second kappa shape index (κ2) is 8.88. The fourth-order valence-electron chi connectivity index (χ4n) is 2.92. The highest BCUT2D eigenvalue weighted by atomic mass is 79.9. The van der Waals surface area contributed by atoms with Crippen molar-refractivity contribution >= 4 is 61.5 Å². The van der Waals surface area contributed by atoms with Crippen LogP contribution >= 0.6 is 31.9 Å². The predicted molar refractivity (Wildman–Crippen MR) is 112 cm³/mol. The van der Waals surface area contributed by atoms with Crippen LogP contribution in [-0.4, -0.2) is 47.6 Å². The van der Waals surface area contributed by atoms with Crippen molar-refractivity contribution in [1.29, 1.82) is 0 Å². The molecule has 8 nitrogen and oxygen atoms in total. The van der Waals surface area contributed by atoms with E-state index >= 15 is 0 Å². The SMILES string of the molecule is CCOC(=O)CN1C(=O)c2ccc(Br)cc2C1=O.O=C1NC(=O)c2c(Br)cccc21. The fourth-order valence-corrected chi connectivity index (χ4v) is 3.83. The zero-order valence-electron chi connectivity index (χ0n) is 15.5. The van der Waals surface area contributed by atoms with Crippen LogP contribution in [0.25, 0.3) is 0 Å². The first-order valence-corrected chi connectivity index (χ1v) is 10.3. The number of esters is 1. The lowest BCUT2D eigenvalue weighted by Crippen LogP contribution is -2.35. The van der Waals surface area contributed by atoms with Gasteiger partial charge in [0, 0.05) is 8.95 Å². The third kappa shape index (κ3) is 4.19. The number of fused-ring (bicyclic) bond motifs is 2. The van der Waals surface area contributed by atoms with Crippen LogP contribution in [0.1, 0.15) is 48.4 Å². The van der Waals surface area contributed by atoms with Gasteiger partial charge in [-0.1, -0.05) is 22.0 Å². The largest absolute Gasteiger partial charge is 0.465 e. The van der Waals surface area contributed by atoms with Crippen LogP contribution in [0, 0.1) is 0 Å². The second-order valence-electron chi connectivity index (χ2n) is 6.14. The van der Waals surface area contributed by atoms with Crippen LogP contribution in [0.3, 0.4) is 0 Å². The Bertz CT molecular complexity index is 1100. The average Bonchev–Trinajstić information content (AvgIpc) is 3.11. The van der Waals surface area contributed by atoms with E-state index in [4.69, 9.17) is 4.74 Å². The van der Waals surface area contributed by atoms with Gasteiger partial charge in [0.1, 0.15) is 6.54 Å². The van der Waals surface area contributed by atoms with Gasteiger partial charge in [-0.05, 0) is 53.2 Å². The smallest absolute Gasteiger partial charge is 0.326 e. The van der Waals surface area contributed by atoms with Gasteiger partial charge in [-0.3, -0.25) is 34.2 Å². The maximum absolute atomic E-state index is 12.0. The van der Waals surface area contributed by atoms with Crippen LogP contribution in [0.2, 0.25) is 0 Å². The van der Waals surface area contributed by atoms with Gasteiger partial charge in [-0.15, -0.1) is 0 Å². The number of benzene rings is 2. The number of carbonyl (C=O) groups is 5. The summed E-state index contributed by atoms with van der Waals surface area (Å²) in [5, 5.41) is 2.22. The summed E-state index contributed by atoms with van der Waals surface area (Å²) >= 11 is 6.44. The summed E-state index contributed by atoms with van der Waals surface area (Å²) in [6.45, 7) is 1.53. The van der Waals surface area contributed by atoms with Gasteiger partial charge in [0.2, 0.25) is 0 Å². The van der Waals surface area contributed by atoms with E-state index in [2.05, 4.69) is 37.2 Å². The summed E-state index contributed by atoms with van der Waals surface area (Å²) in [5.41, 5.74) is 1.49. The zero-order chi connectivity index (χ0) is 22.0. The summed E-state index contributed by atoms with van der Waals surface area (Å²) < 4.78 is 6.09. The van der Waals surface area contributed by atoms with Gasteiger partial charge < -0.3 is 4.74 Å². The Morgan fingerprint density at radius 1 is 0.967 bits per heavy atom. The van der Waals surface area contributed by atoms with Crippen molar-refractivity contribution in [3.63, 3.8) is 0 Å². The Hall–Kier alpha value is -2.85. The van der Waals surface area contributed by atoms with Crippen LogP contribution in [-0.2, 0) is 9.53 Å². The van der Waals surface area contributed by atoms with Gasteiger partial charge in [-0.2, -0.15) is 0 Å². The third-order valence-corrected chi connectivity index (χ3v) is 5.39. The van der Waals surface area contributed by atoms with E-state index in [1.807, 2.05) is 0 Å². The van der Waals surface area contributed by atoms with Crippen molar-refractivity contribution in [2.75, 3.05) is 13.2 Å². The molecule has 4 rings (SSSR count). The molecule has 0 saturated heterocycles. The molecule has 0 spiro atoms. The van der Waals surface area contributed by atoms with E-state index in [0.29, 0.717) is 31.2 Å². The molecule has 154 valence electrons. The molecule has 0 radical (unpaired) electrons. The Balaban J connectivity index is 0.000000184. The Kier molecular flexibility index (Phi) is 6.47. The number of hydrogen-bond acceptors (Lipinski definition) is 6. The van der Waals surface area contributed by atoms with Gasteiger partial charge in [0.25, 0.3) is 23.6 Å². The van der Waals surface area contributed by atoms with E-state index in [0.717, 1.165) is 4.90 Å². The normalized spacial score (nSPS) is 14.0. The molecule has 0 saturated carbocycles. The summed E-state index contributed by atoms with van der Waals surface area (Å²) in [5.74, 6) is -2.18. The van der Waals surface area contributed by atoms with E-state index in [1.165, 1.54) is 0 Å². The fraction of sp³-hybridized carbons (Fsp3) is 0.150. The molecule has 0 unspecified atom stereocenters. The van der Waals surface area contributed by atoms with E-state index in [9.17, 15) is 24.0 Å². The quantitative estimate of drug-likeness (QED) is 0.476. The Morgan fingerprint density at radius 2 is 1.67 bits per heavy atom.